The average molecular weight is 757 g/mol. The van der Waals surface area contributed by atoms with Crippen LogP contribution in [0.2, 0.25) is 0 Å². The second-order valence-electron chi connectivity index (χ2n) is 14.7. The molecule has 0 fully saturated rings. The molecule has 0 amide bonds. The quantitative estimate of drug-likeness (QED) is 0.0274. The molecule has 0 aliphatic heterocycles. The van der Waals surface area contributed by atoms with Crippen LogP contribution < -0.4 is 0 Å². The van der Waals surface area contributed by atoms with E-state index < -0.39 is 32.5 Å². The van der Waals surface area contributed by atoms with Gasteiger partial charge in [-0.05, 0) is 64.2 Å². The summed E-state index contributed by atoms with van der Waals surface area (Å²) in [5.41, 5.74) is 0. The molecule has 0 aliphatic rings. The van der Waals surface area contributed by atoms with Crippen LogP contribution in [-0.2, 0) is 28.2 Å². The molecule has 0 aliphatic carbocycles. The van der Waals surface area contributed by atoms with Crippen molar-refractivity contribution in [1.82, 2.24) is 0 Å². The second kappa shape index (κ2) is 39.2. The summed E-state index contributed by atoms with van der Waals surface area (Å²) in [6.45, 7) is 3.67. The molecule has 0 bridgehead atoms. The third-order valence-corrected chi connectivity index (χ3v) is 9.93. The zero-order valence-corrected chi connectivity index (χ0v) is 34.6. The van der Waals surface area contributed by atoms with E-state index in [1.807, 2.05) is 0 Å². The number of carbonyl (C=O) groups is 2. The number of ether oxygens (including phenoxy) is 2. The fraction of sp³-hybridized carbons (Fsp3) is 0.860. The Morgan fingerprint density at radius 2 is 0.808 bits per heavy atom. The zero-order chi connectivity index (χ0) is 38.2. The van der Waals surface area contributed by atoms with Crippen LogP contribution in [0.1, 0.15) is 219 Å². The van der Waals surface area contributed by atoms with Gasteiger partial charge < -0.3 is 19.3 Å². The molecule has 0 spiro atoms. The van der Waals surface area contributed by atoms with E-state index >= 15 is 0 Å². The molecule has 0 aromatic rings. The van der Waals surface area contributed by atoms with Crippen molar-refractivity contribution in [2.24, 2.45) is 0 Å². The monoisotopic (exact) mass is 757 g/mol. The minimum absolute atomic E-state index is 0.212. The molecule has 0 aromatic carbocycles. The number of allylic oxidation sites excluding steroid dienone is 4. The van der Waals surface area contributed by atoms with Crippen molar-refractivity contribution in [2.75, 3.05) is 13.2 Å². The number of unbranched alkanes of at least 4 members (excludes halogenated alkanes) is 26. The first-order valence-electron chi connectivity index (χ1n) is 21.6. The van der Waals surface area contributed by atoms with Gasteiger partial charge in [-0.1, -0.05) is 167 Å². The van der Waals surface area contributed by atoms with Crippen molar-refractivity contribution in [1.29, 1.82) is 0 Å². The molecule has 0 rings (SSSR count). The molecule has 0 radical (unpaired) electrons. The number of phosphoric acid groups is 1. The Kier molecular flexibility index (Phi) is 38.1. The predicted octanol–water partition coefficient (Wildman–Crippen LogP) is 13.2. The lowest BCUT2D eigenvalue weighted by molar-refractivity contribution is -0.161. The summed E-state index contributed by atoms with van der Waals surface area (Å²) in [4.78, 5) is 42.8. The number of hydrogen-bond acceptors (Lipinski definition) is 6. The van der Waals surface area contributed by atoms with Crippen molar-refractivity contribution >= 4 is 19.8 Å². The van der Waals surface area contributed by atoms with E-state index in [1.165, 1.54) is 128 Å². The predicted molar refractivity (Wildman–Crippen MR) is 216 cm³/mol. The Morgan fingerprint density at radius 1 is 0.481 bits per heavy atom. The van der Waals surface area contributed by atoms with Gasteiger partial charge in [-0.15, -0.1) is 0 Å². The summed E-state index contributed by atoms with van der Waals surface area (Å²) >= 11 is 0. The van der Waals surface area contributed by atoms with Gasteiger partial charge in [-0.3, -0.25) is 14.1 Å². The van der Waals surface area contributed by atoms with Crippen molar-refractivity contribution in [3.8, 4) is 0 Å². The fourth-order valence-electron chi connectivity index (χ4n) is 6.19. The van der Waals surface area contributed by atoms with Gasteiger partial charge in [0.1, 0.15) is 6.61 Å². The minimum atomic E-state index is -4.75. The van der Waals surface area contributed by atoms with Crippen LogP contribution in [0, 0.1) is 0 Å². The number of phosphoric ester groups is 1. The van der Waals surface area contributed by atoms with Crippen LogP contribution >= 0.6 is 7.82 Å². The van der Waals surface area contributed by atoms with Crippen molar-refractivity contribution in [2.45, 2.75) is 225 Å². The molecule has 1 atom stereocenters. The fourth-order valence-corrected chi connectivity index (χ4v) is 6.55. The standard InChI is InChI=1S/C43H81O8P/c1-3-5-7-9-11-13-15-17-18-19-20-21-22-23-24-26-28-30-32-34-36-38-43(45)51-41(40-50-52(46,47)48)39-49-42(44)37-35-33-31-29-27-25-16-14-12-10-8-6-4-2/h14,16-18,41H,3-13,15,19-40H2,1-2H3,(H2,46,47,48)/b16-14-,18-17-/t41-/m1/s1. The van der Waals surface area contributed by atoms with Gasteiger partial charge in [-0.25, -0.2) is 4.57 Å². The van der Waals surface area contributed by atoms with E-state index in [0.29, 0.717) is 12.8 Å². The molecule has 306 valence electrons. The van der Waals surface area contributed by atoms with Gasteiger partial charge >= 0.3 is 19.8 Å². The largest absolute Gasteiger partial charge is 0.469 e. The zero-order valence-electron chi connectivity index (χ0n) is 33.7. The second-order valence-corrected chi connectivity index (χ2v) is 15.9. The van der Waals surface area contributed by atoms with E-state index in [4.69, 9.17) is 19.3 Å². The topological polar surface area (TPSA) is 119 Å². The van der Waals surface area contributed by atoms with Crippen molar-refractivity contribution in [3.05, 3.63) is 24.3 Å². The lowest BCUT2D eigenvalue weighted by atomic mass is 10.0. The third kappa shape index (κ3) is 41.3. The minimum Gasteiger partial charge on any atom is -0.462 e. The molecule has 0 saturated heterocycles. The molecule has 52 heavy (non-hydrogen) atoms. The maximum Gasteiger partial charge on any atom is 0.469 e. The third-order valence-electron chi connectivity index (χ3n) is 9.44. The highest BCUT2D eigenvalue weighted by Crippen LogP contribution is 2.36. The van der Waals surface area contributed by atoms with Crippen LogP contribution in [0.5, 0.6) is 0 Å². The summed E-state index contributed by atoms with van der Waals surface area (Å²) in [5.74, 6) is -0.889. The van der Waals surface area contributed by atoms with Crippen molar-refractivity contribution in [3.63, 3.8) is 0 Å². The first-order chi connectivity index (χ1) is 25.3. The molecule has 9 heteroatoms. The van der Waals surface area contributed by atoms with Gasteiger partial charge in [-0.2, -0.15) is 0 Å². The highest BCUT2D eigenvalue weighted by atomic mass is 31.2. The number of esters is 2. The van der Waals surface area contributed by atoms with E-state index in [1.54, 1.807) is 0 Å². The molecule has 0 heterocycles. The van der Waals surface area contributed by atoms with Crippen LogP contribution in [0.15, 0.2) is 24.3 Å². The Hall–Kier alpha value is -1.47. The van der Waals surface area contributed by atoms with E-state index in [2.05, 4.69) is 42.7 Å². The maximum absolute atomic E-state index is 12.4. The van der Waals surface area contributed by atoms with Crippen LogP contribution in [0.25, 0.3) is 0 Å². The summed E-state index contributed by atoms with van der Waals surface area (Å²) in [5, 5.41) is 0. The number of rotatable bonds is 40. The summed E-state index contributed by atoms with van der Waals surface area (Å²) in [6.07, 6.45) is 44.7. The lowest BCUT2D eigenvalue weighted by Gasteiger charge is -2.18. The summed E-state index contributed by atoms with van der Waals surface area (Å²) in [7, 11) is -4.75. The highest BCUT2D eigenvalue weighted by molar-refractivity contribution is 7.46. The molecular weight excluding hydrogens is 675 g/mol. The van der Waals surface area contributed by atoms with Gasteiger partial charge in [0.25, 0.3) is 0 Å². The summed E-state index contributed by atoms with van der Waals surface area (Å²) in [6, 6.07) is 0. The molecule has 0 unspecified atom stereocenters. The molecule has 2 N–H and O–H groups in total. The molecule has 0 saturated carbocycles. The number of carbonyl (C=O) groups excluding carboxylic acids is 2. The van der Waals surface area contributed by atoms with E-state index in [9.17, 15) is 14.2 Å². The van der Waals surface area contributed by atoms with Crippen LogP contribution in [0.3, 0.4) is 0 Å². The molecular formula is C43H81O8P. The first-order valence-corrected chi connectivity index (χ1v) is 23.2. The van der Waals surface area contributed by atoms with Gasteiger partial charge in [0, 0.05) is 12.8 Å². The van der Waals surface area contributed by atoms with Gasteiger partial charge in [0.05, 0.1) is 6.61 Å². The van der Waals surface area contributed by atoms with Gasteiger partial charge in [0.2, 0.25) is 0 Å². The Balaban J connectivity index is 3.86. The van der Waals surface area contributed by atoms with E-state index in [0.717, 1.165) is 51.4 Å². The molecule has 8 nitrogen and oxygen atoms in total. The smallest absolute Gasteiger partial charge is 0.462 e. The highest BCUT2D eigenvalue weighted by Gasteiger charge is 2.22. The van der Waals surface area contributed by atoms with Crippen LogP contribution in [0.4, 0.5) is 0 Å². The number of hydrogen-bond donors (Lipinski definition) is 2. The van der Waals surface area contributed by atoms with E-state index in [-0.39, 0.29) is 19.4 Å². The average Bonchev–Trinajstić information content (AvgIpc) is 3.11. The van der Waals surface area contributed by atoms with Crippen molar-refractivity contribution < 1.29 is 37.9 Å². The Labute approximate surface area is 319 Å². The van der Waals surface area contributed by atoms with Gasteiger partial charge in [0.15, 0.2) is 6.10 Å². The maximum atomic E-state index is 12.4. The summed E-state index contributed by atoms with van der Waals surface area (Å²) < 4.78 is 26.4. The Bertz CT molecular complexity index is 900. The molecule has 0 aromatic heterocycles. The lowest BCUT2D eigenvalue weighted by Crippen LogP contribution is -2.29. The van der Waals surface area contributed by atoms with Crippen LogP contribution in [-0.4, -0.2) is 41.0 Å². The SMILES string of the molecule is CCCCCC/C=C\CCCCCCCC(=O)OC[C@H](COP(=O)(O)O)OC(=O)CCCCCCCCCCCCC/C=C\CCCCCCCC. The first kappa shape index (κ1) is 50.5. The normalized spacial score (nSPS) is 12.6. The Morgan fingerprint density at radius 3 is 1.19 bits per heavy atom.